The zero-order valence-electron chi connectivity index (χ0n) is 21.1. The van der Waals surface area contributed by atoms with Crippen molar-refractivity contribution in [1.29, 1.82) is 0 Å². The maximum absolute atomic E-state index is 13.3. The Bertz CT molecular complexity index is 1510. The minimum Gasteiger partial charge on any atom is -0.396 e. The summed E-state index contributed by atoms with van der Waals surface area (Å²) >= 11 is 1.61. The number of hydrogen-bond acceptors (Lipinski definition) is 8. The van der Waals surface area contributed by atoms with Crippen LogP contribution in [0.5, 0.6) is 0 Å². The predicted octanol–water partition coefficient (Wildman–Crippen LogP) is 4.80. The van der Waals surface area contributed by atoms with Gasteiger partial charge in [0.1, 0.15) is 4.90 Å². The van der Waals surface area contributed by atoms with Gasteiger partial charge in [0.25, 0.3) is 10.0 Å². The molecule has 1 aliphatic rings. The van der Waals surface area contributed by atoms with Crippen molar-refractivity contribution < 1.29 is 28.1 Å². The van der Waals surface area contributed by atoms with E-state index in [1.165, 1.54) is 6.07 Å². The molecule has 1 aliphatic heterocycles. The number of fused-ring (bicyclic) bond motifs is 1. The topological polar surface area (TPSA) is 118 Å². The number of aliphatic hydroxyl groups excluding tert-OH is 2. The Hall–Kier alpha value is -2.99. The summed E-state index contributed by atoms with van der Waals surface area (Å²) in [6, 6.07) is 23.3. The van der Waals surface area contributed by atoms with Gasteiger partial charge in [-0.1, -0.05) is 54.6 Å². The summed E-state index contributed by atoms with van der Waals surface area (Å²) in [7, 11) is -3.92. The van der Waals surface area contributed by atoms with Gasteiger partial charge in [-0.15, -0.1) is 0 Å². The largest absolute Gasteiger partial charge is 0.396 e. The van der Waals surface area contributed by atoms with E-state index in [1.54, 1.807) is 48.3 Å². The Kier molecular flexibility index (Phi) is 8.81. The maximum atomic E-state index is 13.3. The maximum Gasteiger partial charge on any atom is 0.264 e. The van der Waals surface area contributed by atoms with E-state index in [0.29, 0.717) is 34.7 Å². The molecule has 3 aromatic carbocycles. The Morgan fingerprint density at radius 3 is 2.54 bits per heavy atom. The number of anilines is 1. The molecular formula is C29H30N2O6S2. The highest BCUT2D eigenvalue weighted by atomic mass is 32.2. The minimum absolute atomic E-state index is 0.0322. The molecule has 0 bridgehead atoms. The van der Waals surface area contributed by atoms with Crippen molar-refractivity contribution in [3.63, 3.8) is 0 Å². The molecule has 204 valence electrons. The molecule has 8 nitrogen and oxygen atoms in total. The molecule has 5 rings (SSSR count). The lowest BCUT2D eigenvalue weighted by molar-refractivity contribution is -0.245. The molecule has 3 N–H and O–H groups in total. The highest BCUT2D eigenvalue weighted by Crippen LogP contribution is 2.39. The van der Waals surface area contributed by atoms with Gasteiger partial charge < -0.3 is 19.7 Å². The molecule has 0 spiro atoms. The number of nitrogens with zero attached hydrogens (tertiary/aromatic N) is 1. The second kappa shape index (κ2) is 12.5. The second-order valence-corrected chi connectivity index (χ2v) is 12.0. The molecule has 3 atom stereocenters. The normalized spacial score (nSPS) is 19.7. The zero-order valence-corrected chi connectivity index (χ0v) is 22.8. The van der Waals surface area contributed by atoms with E-state index >= 15 is 0 Å². The lowest BCUT2D eigenvalue weighted by Crippen LogP contribution is -2.31. The molecule has 10 heteroatoms. The van der Waals surface area contributed by atoms with Crippen LogP contribution in [0.25, 0.3) is 10.9 Å². The number of thioether (sulfide) groups is 1. The third-order valence-electron chi connectivity index (χ3n) is 6.45. The van der Waals surface area contributed by atoms with Gasteiger partial charge in [-0.2, -0.15) is 11.8 Å². The molecule has 3 unspecified atom stereocenters. The van der Waals surface area contributed by atoms with Gasteiger partial charge in [0.15, 0.2) is 6.29 Å². The second-order valence-electron chi connectivity index (χ2n) is 9.21. The van der Waals surface area contributed by atoms with Crippen molar-refractivity contribution in [2.75, 3.05) is 22.8 Å². The van der Waals surface area contributed by atoms with Gasteiger partial charge in [-0.3, -0.25) is 9.71 Å². The van der Waals surface area contributed by atoms with Crippen LogP contribution >= 0.6 is 11.8 Å². The number of sulfonamides is 1. The molecule has 1 aromatic heterocycles. The molecule has 0 saturated carbocycles. The summed E-state index contributed by atoms with van der Waals surface area (Å²) in [5, 5.41) is 19.3. The summed E-state index contributed by atoms with van der Waals surface area (Å²) in [6.07, 6.45) is 1.10. The summed E-state index contributed by atoms with van der Waals surface area (Å²) in [6.45, 7) is 0.0628. The number of aromatic nitrogens is 1. The first-order valence-electron chi connectivity index (χ1n) is 12.6. The third-order valence-corrected chi connectivity index (χ3v) is 8.94. The summed E-state index contributed by atoms with van der Waals surface area (Å²) < 4.78 is 42.0. The standard InChI is InChI=1S/C29H30N2O6S2/c32-14-15-38-19-25-17-26(21-11-9-20(18-33)10-12-21)37-29(36-25)23-5-1-7-24(16-23)31-39(34,35)27-8-2-4-22-6-3-13-30-28(22)27/h1-13,16,25-26,29,31-33H,14-15,17-19H2. The average molecular weight is 567 g/mol. The SMILES string of the molecule is O=S(=O)(Nc1cccc(C2OC(CSCCO)CC(c3ccc(CO)cc3)O2)c1)c1cccc2cccnc12. The predicted molar refractivity (Wildman–Crippen MR) is 152 cm³/mol. The van der Waals surface area contributed by atoms with Crippen LogP contribution in [0, 0.1) is 0 Å². The first-order chi connectivity index (χ1) is 19.0. The van der Waals surface area contributed by atoms with Crippen LogP contribution in [-0.4, -0.2) is 47.8 Å². The van der Waals surface area contributed by atoms with E-state index in [2.05, 4.69) is 9.71 Å². The molecule has 2 heterocycles. The van der Waals surface area contributed by atoms with Crippen molar-refractivity contribution in [3.05, 3.63) is 102 Å². The Labute approximate surface area is 232 Å². The van der Waals surface area contributed by atoms with E-state index in [9.17, 15) is 18.6 Å². The third kappa shape index (κ3) is 6.60. The van der Waals surface area contributed by atoms with Crippen molar-refractivity contribution in [2.45, 2.75) is 36.4 Å². The Balaban J connectivity index is 1.39. The van der Waals surface area contributed by atoms with E-state index in [1.807, 2.05) is 42.5 Å². The van der Waals surface area contributed by atoms with Crippen molar-refractivity contribution in [1.82, 2.24) is 4.98 Å². The molecule has 1 fully saturated rings. The molecule has 0 amide bonds. The lowest BCUT2D eigenvalue weighted by Gasteiger charge is -2.36. The monoisotopic (exact) mass is 566 g/mol. The van der Waals surface area contributed by atoms with Crippen LogP contribution in [0.3, 0.4) is 0 Å². The van der Waals surface area contributed by atoms with Gasteiger partial charge in [-0.05, 0) is 35.4 Å². The van der Waals surface area contributed by atoms with Crippen LogP contribution in [0.2, 0.25) is 0 Å². The lowest BCUT2D eigenvalue weighted by atomic mass is 10.0. The zero-order chi connectivity index (χ0) is 27.2. The average Bonchev–Trinajstić information content (AvgIpc) is 2.97. The van der Waals surface area contributed by atoms with Gasteiger partial charge in [0.2, 0.25) is 0 Å². The molecular weight excluding hydrogens is 536 g/mol. The summed E-state index contributed by atoms with van der Waals surface area (Å²) in [5.74, 6) is 1.30. The highest BCUT2D eigenvalue weighted by Gasteiger charge is 2.32. The molecule has 0 radical (unpaired) electrons. The quantitative estimate of drug-likeness (QED) is 0.234. The smallest absolute Gasteiger partial charge is 0.264 e. The Morgan fingerprint density at radius 2 is 1.74 bits per heavy atom. The number of rotatable bonds is 10. The fraction of sp³-hybridized carbons (Fsp3) is 0.276. The van der Waals surface area contributed by atoms with Gasteiger partial charge in [-0.25, -0.2) is 8.42 Å². The van der Waals surface area contributed by atoms with Crippen LogP contribution in [0.1, 0.15) is 35.5 Å². The van der Waals surface area contributed by atoms with Gasteiger partial charge in [0.05, 0.1) is 30.9 Å². The molecule has 39 heavy (non-hydrogen) atoms. The molecule has 4 aromatic rings. The fourth-order valence-electron chi connectivity index (χ4n) is 4.55. The first-order valence-corrected chi connectivity index (χ1v) is 15.3. The van der Waals surface area contributed by atoms with Crippen LogP contribution in [-0.2, 0) is 26.1 Å². The Morgan fingerprint density at radius 1 is 0.949 bits per heavy atom. The van der Waals surface area contributed by atoms with E-state index in [-0.39, 0.29) is 30.3 Å². The highest BCUT2D eigenvalue weighted by molar-refractivity contribution is 7.99. The van der Waals surface area contributed by atoms with Gasteiger partial charge in [0, 0.05) is 40.8 Å². The van der Waals surface area contributed by atoms with Crippen LogP contribution in [0.4, 0.5) is 5.69 Å². The van der Waals surface area contributed by atoms with Crippen molar-refractivity contribution in [3.8, 4) is 0 Å². The number of para-hydroxylation sites is 1. The van der Waals surface area contributed by atoms with E-state index in [4.69, 9.17) is 9.47 Å². The number of aliphatic hydroxyl groups is 2. The van der Waals surface area contributed by atoms with Gasteiger partial charge >= 0.3 is 0 Å². The van der Waals surface area contributed by atoms with E-state index in [0.717, 1.165) is 16.5 Å². The minimum atomic E-state index is -3.92. The summed E-state index contributed by atoms with van der Waals surface area (Å²) in [4.78, 5) is 4.38. The first kappa shape index (κ1) is 27.6. The molecule has 1 saturated heterocycles. The van der Waals surface area contributed by atoms with Crippen LogP contribution < -0.4 is 4.72 Å². The number of ether oxygens (including phenoxy) is 2. The molecule has 0 aliphatic carbocycles. The fourth-order valence-corrected chi connectivity index (χ4v) is 6.56. The summed E-state index contributed by atoms with van der Waals surface area (Å²) in [5.41, 5.74) is 3.26. The van der Waals surface area contributed by atoms with Crippen molar-refractivity contribution in [2.24, 2.45) is 0 Å². The van der Waals surface area contributed by atoms with Crippen molar-refractivity contribution >= 4 is 38.4 Å². The number of hydrogen-bond donors (Lipinski definition) is 3. The van der Waals surface area contributed by atoms with E-state index < -0.39 is 16.3 Å². The number of benzene rings is 3. The number of pyridine rings is 1. The number of nitrogens with one attached hydrogen (secondary N) is 1. The van der Waals surface area contributed by atoms with Crippen LogP contribution in [0.15, 0.2) is 90.0 Å².